The van der Waals surface area contributed by atoms with Gasteiger partial charge in [-0.15, -0.1) is 0 Å². The molecule has 2 fully saturated rings. The Morgan fingerprint density at radius 2 is 2.40 bits per heavy atom. The molecule has 1 N–H and O–H groups in total. The van der Waals surface area contributed by atoms with Crippen molar-refractivity contribution in [3.63, 3.8) is 0 Å². The Kier molecular flexibility index (Phi) is 2.98. The average molecular weight is 212 g/mol. The van der Waals surface area contributed by atoms with Gasteiger partial charge in [-0.05, 0) is 18.9 Å². The van der Waals surface area contributed by atoms with Crippen molar-refractivity contribution < 1.29 is 9.53 Å². The summed E-state index contributed by atoms with van der Waals surface area (Å²) in [5.41, 5.74) is -0.0559. The molecule has 0 radical (unpaired) electrons. The minimum atomic E-state index is -0.0559. The Morgan fingerprint density at radius 1 is 1.60 bits per heavy atom. The second kappa shape index (κ2) is 4.10. The fourth-order valence-corrected chi connectivity index (χ4v) is 2.49. The minimum Gasteiger partial charge on any atom is -0.369 e. The smallest absolute Gasteiger partial charge is 0.249 e. The number of rotatable bonds is 2. The molecule has 1 amide bonds. The van der Waals surface area contributed by atoms with Gasteiger partial charge in [-0.2, -0.15) is 0 Å². The third kappa shape index (κ3) is 2.01. The van der Waals surface area contributed by atoms with E-state index in [0.29, 0.717) is 12.5 Å². The number of nitrogens with one attached hydrogen (secondary N) is 1. The topological polar surface area (TPSA) is 41.6 Å². The predicted octanol–water partition coefficient (Wildman–Crippen LogP) is 0.233. The van der Waals surface area contributed by atoms with Crippen molar-refractivity contribution in [3.8, 4) is 0 Å². The molecule has 2 aliphatic rings. The molecule has 0 saturated carbocycles. The number of amides is 1. The van der Waals surface area contributed by atoms with Gasteiger partial charge in [0.2, 0.25) is 5.91 Å². The lowest BCUT2D eigenvalue weighted by atomic mass is 9.94. The SMILES string of the molecule is CC(C)CN1C(=O)COCC12CCNC2. The predicted molar refractivity (Wildman–Crippen MR) is 57.6 cm³/mol. The highest BCUT2D eigenvalue weighted by Gasteiger charge is 2.45. The Morgan fingerprint density at radius 3 is 3.00 bits per heavy atom. The monoisotopic (exact) mass is 212 g/mol. The molecule has 0 aromatic heterocycles. The van der Waals surface area contributed by atoms with Crippen LogP contribution < -0.4 is 5.32 Å². The number of ether oxygens (including phenoxy) is 1. The molecule has 2 aliphatic heterocycles. The van der Waals surface area contributed by atoms with Crippen molar-refractivity contribution in [1.29, 1.82) is 0 Å². The lowest BCUT2D eigenvalue weighted by Crippen LogP contribution is -2.61. The van der Waals surface area contributed by atoms with E-state index in [1.54, 1.807) is 0 Å². The fraction of sp³-hybridized carbons (Fsp3) is 0.909. The van der Waals surface area contributed by atoms with Crippen LogP contribution in [-0.4, -0.2) is 49.2 Å². The van der Waals surface area contributed by atoms with Gasteiger partial charge in [0.05, 0.1) is 12.1 Å². The Balaban J connectivity index is 2.14. The third-order valence-corrected chi connectivity index (χ3v) is 3.24. The summed E-state index contributed by atoms with van der Waals surface area (Å²) in [4.78, 5) is 13.9. The number of carbonyl (C=O) groups is 1. The van der Waals surface area contributed by atoms with Crippen LogP contribution in [0.2, 0.25) is 0 Å². The lowest BCUT2D eigenvalue weighted by molar-refractivity contribution is -0.157. The maximum absolute atomic E-state index is 11.9. The summed E-state index contributed by atoms with van der Waals surface area (Å²) in [7, 11) is 0. The van der Waals surface area contributed by atoms with Gasteiger partial charge in [-0.1, -0.05) is 13.8 Å². The van der Waals surface area contributed by atoms with Crippen molar-refractivity contribution >= 4 is 5.91 Å². The van der Waals surface area contributed by atoms with Gasteiger partial charge >= 0.3 is 0 Å². The average Bonchev–Trinajstić information content (AvgIpc) is 2.61. The second-order valence-electron chi connectivity index (χ2n) is 5.04. The molecular weight excluding hydrogens is 192 g/mol. The zero-order valence-corrected chi connectivity index (χ0v) is 9.58. The van der Waals surface area contributed by atoms with E-state index in [9.17, 15) is 4.79 Å². The number of nitrogens with zero attached hydrogens (tertiary/aromatic N) is 1. The van der Waals surface area contributed by atoms with E-state index in [2.05, 4.69) is 19.2 Å². The van der Waals surface area contributed by atoms with E-state index in [-0.39, 0.29) is 18.1 Å². The first-order valence-electron chi connectivity index (χ1n) is 5.73. The first kappa shape index (κ1) is 10.9. The summed E-state index contributed by atoms with van der Waals surface area (Å²) in [6, 6.07) is 0. The van der Waals surface area contributed by atoms with E-state index in [0.717, 1.165) is 26.1 Å². The van der Waals surface area contributed by atoms with Gasteiger partial charge in [0.25, 0.3) is 0 Å². The summed E-state index contributed by atoms with van der Waals surface area (Å²) in [5, 5.41) is 3.33. The van der Waals surface area contributed by atoms with E-state index >= 15 is 0 Å². The van der Waals surface area contributed by atoms with E-state index in [1.807, 2.05) is 4.90 Å². The molecule has 0 aliphatic carbocycles. The zero-order chi connectivity index (χ0) is 10.9. The van der Waals surface area contributed by atoms with Crippen LogP contribution in [0.5, 0.6) is 0 Å². The van der Waals surface area contributed by atoms with Crippen LogP contribution in [0.1, 0.15) is 20.3 Å². The normalized spacial score (nSPS) is 31.9. The molecule has 4 heteroatoms. The van der Waals surface area contributed by atoms with Crippen LogP contribution in [0.3, 0.4) is 0 Å². The van der Waals surface area contributed by atoms with Gasteiger partial charge in [-0.25, -0.2) is 0 Å². The van der Waals surface area contributed by atoms with Gasteiger partial charge in [0, 0.05) is 13.1 Å². The third-order valence-electron chi connectivity index (χ3n) is 3.24. The standard InChI is InChI=1S/C11H20N2O2/c1-9(2)5-13-10(14)6-15-8-11(13)3-4-12-7-11/h9,12H,3-8H2,1-2H3. The van der Waals surface area contributed by atoms with Gasteiger partial charge in [0.1, 0.15) is 6.61 Å². The fourth-order valence-electron chi connectivity index (χ4n) is 2.49. The largest absolute Gasteiger partial charge is 0.369 e. The Bertz CT molecular complexity index is 247. The van der Waals surface area contributed by atoms with Crippen molar-refractivity contribution in [2.45, 2.75) is 25.8 Å². The molecule has 2 heterocycles. The summed E-state index contributed by atoms with van der Waals surface area (Å²) in [5.74, 6) is 0.670. The highest BCUT2D eigenvalue weighted by atomic mass is 16.5. The van der Waals surface area contributed by atoms with Gasteiger partial charge in [-0.3, -0.25) is 4.79 Å². The molecule has 15 heavy (non-hydrogen) atoms. The van der Waals surface area contributed by atoms with Gasteiger partial charge in [0.15, 0.2) is 0 Å². The molecule has 0 aromatic carbocycles. The minimum absolute atomic E-state index is 0.0559. The first-order chi connectivity index (χ1) is 7.14. The van der Waals surface area contributed by atoms with Crippen molar-refractivity contribution in [2.75, 3.05) is 32.8 Å². The Hall–Kier alpha value is -0.610. The van der Waals surface area contributed by atoms with Crippen LogP contribution in [-0.2, 0) is 9.53 Å². The molecule has 2 saturated heterocycles. The summed E-state index contributed by atoms with van der Waals surface area (Å²) in [6.45, 7) is 7.98. The van der Waals surface area contributed by atoms with Crippen molar-refractivity contribution in [3.05, 3.63) is 0 Å². The highest BCUT2D eigenvalue weighted by Crippen LogP contribution is 2.28. The highest BCUT2D eigenvalue weighted by molar-refractivity contribution is 5.79. The van der Waals surface area contributed by atoms with Crippen LogP contribution in [0, 0.1) is 5.92 Å². The molecule has 4 nitrogen and oxygen atoms in total. The molecule has 1 atom stereocenters. The molecule has 0 bridgehead atoms. The molecular formula is C11H20N2O2. The maximum atomic E-state index is 11.9. The van der Waals surface area contributed by atoms with Crippen molar-refractivity contribution in [1.82, 2.24) is 10.2 Å². The maximum Gasteiger partial charge on any atom is 0.249 e. The zero-order valence-electron chi connectivity index (χ0n) is 9.58. The molecule has 1 unspecified atom stereocenters. The molecule has 2 rings (SSSR count). The number of morpholine rings is 1. The molecule has 86 valence electrons. The lowest BCUT2D eigenvalue weighted by Gasteiger charge is -2.44. The van der Waals surface area contributed by atoms with E-state index in [4.69, 9.17) is 4.74 Å². The quantitative estimate of drug-likeness (QED) is 0.712. The van der Waals surface area contributed by atoms with E-state index in [1.165, 1.54) is 0 Å². The second-order valence-corrected chi connectivity index (χ2v) is 5.04. The van der Waals surface area contributed by atoms with Crippen LogP contribution in [0.25, 0.3) is 0 Å². The Labute approximate surface area is 91.0 Å². The molecule has 1 spiro atoms. The van der Waals surface area contributed by atoms with Crippen LogP contribution >= 0.6 is 0 Å². The van der Waals surface area contributed by atoms with Crippen LogP contribution in [0.15, 0.2) is 0 Å². The number of hydrogen-bond donors (Lipinski definition) is 1. The number of hydrogen-bond acceptors (Lipinski definition) is 3. The van der Waals surface area contributed by atoms with Crippen molar-refractivity contribution in [2.24, 2.45) is 5.92 Å². The van der Waals surface area contributed by atoms with Crippen LogP contribution in [0.4, 0.5) is 0 Å². The summed E-state index contributed by atoms with van der Waals surface area (Å²) in [6.07, 6.45) is 1.02. The van der Waals surface area contributed by atoms with Gasteiger partial charge < -0.3 is 15.0 Å². The van der Waals surface area contributed by atoms with E-state index < -0.39 is 0 Å². The first-order valence-corrected chi connectivity index (χ1v) is 5.73. The summed E-state index contributed by atoms with van der Waals surface area (Å²) < 4.78 is 5.40. The summed E-state index contributed by atoms with van der Waals surface area (Å²) >= 11 is 0. The molecule has 0 aromatic rings. The number of carbonyl (C=O) groups excluding carboxylic acids is 1.